The van der Waals surface area contributed by atoms with Crippen molar-refractivity contribution in [3.05, 3.63) is 28.2 Å². The van der Waals surface area contributed by atoms with Crippen LogP contribution >= 0.6 is 11.3 Å². The van der Waals surface area contributed by atoms with E-state index >= 15 is 0 Å². The van der Waals surface area contributed by atoms with Gasteiger partial charge in [-0.3, -0.25) is 0 Å². The highest BCUT2D eigenvalue weighted by Crippen LogP contribution is 2.15. The van der Waals surface area contributed by atoms with Crippen LogP contribution in [-0.4, -0.2) is 11.0 Å². The fraction of sp³-hybridized carbons (Fsp3) is 0.500. The molecule has 0 saturated heterocycles. The van der Waals surface area contributed by atoms with E-state index in [0.29, 0.717) is 6.04 Å². The van der Waals surface area contributed by atoms with E-state index in [2.05, 4.69) is 30.7 Å². The fourth-order valence-corrected chi connectivity index (χ4v) is 1.83. The Morgan fingerprint density at radius 1 is 1.62 bits per heavy atom. The maximum absolute atomic E-state index is 4.44. The van der Waals surface area contributed by atoms with Crippen LogP contribution in [0.4, 0.5) is 0 Å². The molecule has 0 amide bonds. The Morgan fingerprint density at radius 2 is 2.31 bits per heavy atom. The molecule has 1 aromatic heterocycles. The Morgan fingerprint density at radius 3 is 2.77 bits per heavy atom. The van der Waals surface area contributed by atoms with E-state index in [4.69, 9.17) is 0 Å². The second-order valence-corrected chi connectivity index (χ2v) is 4.44. The molecule has 13 heavy (non-hydrogen) atoms. The molecule has 1 aromatic rings. The van der Waals surface area contributed by atoms with Crippen LogP contribution in [0.3, 0.4) is 0 Å². The number of hydrogen-bond donors (Lipinski definition) is 1. The molecule has 1 heterocycles. The lowest BCUT2D eigenvalue weighted by Crippen LogP contribution is -2.22. The number of aryl methyl sites for hydroxylation is 2. The third kappa shape index (κ3) is 2.94. The van der Waals surface area contributed by atoms with Gasteiger partial charge in [-0.1, -0.05) is 6.08 Å². The van der Waals surface area contributed by atoms with Gasteiger partial charge in [-0.25, -0.2) is 4.98 Å². The molecular weight excluding hydrogens is 180 g/mol. The molecule has 0 aliphatic heterocycles. The Kier molecular flexibility index (Phi) is 3.63. The Bertz CT molecular complexity index is 272. The monoisotopic (exact) mass is 196 g/mol. The van der Waals surface area contributed by atoms with Gasteiger partial charge in [-0.2, -0.15) is 0 Å². The van der Waals surface area contributed by atoms with Gasteiger partial charge in [-0.15, -0.1) is 17.9 Å². The number of nitrogens with one attached hydrogen (secondary N) is 1. The van der Waals surface area contributed by atoms with E-state index in [9.17, 15) is 0 Å². The average molecular weight is 196 g/mol. The SMILES string of the molecule is C=CC(C)NCc1nc(C)c(C)s1. The second kappa shape index (κ2) is 4.53. The zero-order valence-corrected chi connectivity index (χ0v) is 9.24. The molecule has 1 unspecified atom stereocenters. The lowest BCUT2D eigenvalue weighted by atomic mass is 10.3. The number of rotatable bonds is 4. The van der Waals surface area contributed by atoms with Crippen LogP contribution in [0.25, 0.3) is 0 Å². The van der Waals surface area contributed by atoms with E-state index in [1.807, 2.05) is 13.0 Å². The molecule has 1 N–H and O–H groups in total. The third-order valence-corrected chi connectivity index (χ3v) is 3.07. The van der Waals surface area contributed by atoms with Crippen LogP contribution in [0.15, 0.2) is 12.7 Å². The van der Waals surface area contributed by atoms with Crippen LogP contribution in [0, 0.1) is 13.8 Å². The number of hydrogen-bond acceptors (Lipinski definition) is 3. The smallest absolute Gasteiger partial charge is 0.107 e. The Balaban J connectivity index is 2.50. The van der Waals surface area contributed by atoms with Gasteiger partial charge >= 0.3 is 0 Å². The van der Waals surface area contributed by atoms with Crippen LogP contribution in [-0.2, 0) is 6.54 Å². The molecule has 1 rings (SSSR count). The summed E-state index contributed by atoms with van der Waals surface area (Å²) in [6.45, 7) is 10.8. The highest BCUT2D eigenvalue weighted by atomic mass is 32.1. The minimum Gasteiger partial charge on any atom is -0.304 e. The first-order valence-corrected chi connectivity index (χ1v) is 5.24. The molecule has 0 aliphatic rings. The molecule has 0 aliphatic carbocycles. The van der Waals surface area contributed by atoms with E-state index < -0.39 is 0 Å². The molecule has 0 aromatic carbocycles. The molecular formula is C10H16N2S. The predicted molar refractivity (Wildman–Crippen MR) is 58.1 cm³/mol. The lowest BCUT2D eigenvalue weighted by Gasteiger charge is -2.05. The van der Waals surface area contributed by atoms with E-state index in [1.54, 1.807) is 11.3 Å². The summed E-state index contributed by atoms with van der Waals surface area (Å²) < 4.78 is 0. The van der Waals surface area contributed by atoms with Crippen molar-refractivity contribution >= 4 is 11.3 Å². The van der Waals surface area contributed by atoms with Gasteiger partial charge in [0.1, 0.15) is 5.01 Å². The number of aromatic nitrogens is 1. The third-order valence-electron chi connectivity index (χ3n) is 2.00. The van der Waals surface area contributed by atoms with Crippen molar-refractivity contribution in [1.82, 2.24) is 10.3 Å². The van der Waals surface area contributed by atoms with Gasteiger partial charge in [0, 0.05) is 17.5 Å². The molecule has 3 heteroatoms. The number of nitrogens with zero attached hydrogens (tertiary/aromatic N) is 1. The molecule has 72 valence electrons. The summed E-state index contributed by atoms with van der Waals surface area (Å²) in [5.74, 6) is 0. The molecule has 2 nitrogen and oxygen atoms in total. The first-order chi connectivity index (χ1) is 6.13. The van der Waals surface area contributed by atoms with Crippen molar-refractivity contribution in [3.8, 4) is 0 Å². The topological polar surface area (TPSA) is 24.9 Å². The Hall–Kier alpha value is -0.670. The van der Waals surface area contributed by atoms with Crippen molar-refractivity contribution in [1.29, 1.82) is 0 Å². The van der Waals surface area contributed by atoms with Crippen molar-refractivity contribution in [2.75, 3.05) is 0 Å². The lowest BCUT2D eigenvalue weighted by molar-refractivity contribution is 0.631. The van der Waals surface area contributed by atoms with Crippen molar-refractivity contribution in [2.45, 2.75) is 33.4 Å². The maximum atomic E-state index is 4.44. The Labute approximate surface area is 83.7 Å². The zero-order chi connectivity index (χ0) is 9.84. The van der Waals surface area contributed by atoms with Gasteiger partial charge in [0.05, 0.1) is 5.69 Å². The van der Waals surface area contributed by atoms with Gasteiger partial charge in [0.25, 0.3) is 0 Å². The maximum Gasteiger partial charge on any atom is 0.107 e. The van der Waals surface area contributed by atoms with Crippen molar-refractivity contribution in [2.24, 2.45) is 0 Å². The highest BCUT2D eigenvalue weighted by Gasteiger charge is 2.03. The molecule has 1 atom stereocenters. The largest absolute Gasteiger partial charge is 0.304 e. The highest BCUT2D eigenvalue weighted by molar-refractivity contribution is 7.11. The predicted octanol–water partition coefficient (Wildman–Crippen LogP) is 2.42. The fourth-order valence-electron chi connectivity index (χ4n) is 0.946. The van der Waals surface area contributed by atoms with E-state index in [0.717, 1.165) is 17.2 Å². The van der Waals surface area contributed by atoms with Gasteiger partial charge in [-0.05, 0) is 20.8 Å². The quantitative estimate of drug-likeness (QED) is 0.748. The van der Waals surface area contributed by atoms with Crippen LogP contribution < -0.4 is 5.32 Å². The van der Waals surface area contributed by atoms with Crippen molar-refractivity contribution < 1.29 is 0 Å². The van der Waals surface area contributed by atoms with Crippen LogP contribution in [0.5, 0.6) is 0 Å². The summed E-state index contributed by atoms with van der Waals surface area (Å²) in [5.41, 5.74) is 1.15. The first kappa shape index (κ1) is 10.4. The minimum atomic E-state index is 0.351. The first-order valence-electron chi connectivity index (χ1n) is 4.42. The minimum absolute atomic E-state index is 0.351. The standard InChI is InChI=1S/C10H16N2S/c1-5-7(2)11-6-10-12-8(3)9(4)13-10/h5,7,11H,1,6H2,2-4H3. The van der Waals surface area contributed by atoms with E-state index in [-0.39, 0.29) is 0 Å². The van der Waals surface area contributed by atoms with E-state index in [1.165, 1.54) is 4.88 Å². The summed E-state index contributed by atoms with van der Waals surface area (Å²) >= 11 is 1.76. The summed E-state index contributed by atoms with van der Waals surface area (Å²) in [5, 5.41) is 4.48. The molecule has 0 spiro atoms. The van der Waals surface area contributed by atoms with Gasteiger partial charge < -0.3 is 5.32 Å². The number of thiazole rings is 1. The molecule has 0 fully saturated rings. The normalized spacial score (nSPS) is 12.8. The summed E-state index contributed by atoms with van der Waals surface area (Å²) in [6, 6.07) is 0.351. The van der Waals surface area contributed by atoms with Crippen LogP contribution in [0.2, 0.25) is 0 Å². The average Bonchev–Trinajstić information content (AvgIpc) is 2.42. The van der Waals surface area contributed by atoms with Crippen molar-refractivity contribution in [3.63, 3.8) is 0 Å². The van der Waals surface area contributed by atoms with Crippen LogP contribution in [0.1, 0.15) is 22.5 Å². The second-order valence-electron chi connectivity index (χ2n) is 3.15. The summed E-state index contributed by atoms with van der Waals surface area (Å²) in [6.07, 6.45) is 1.90. The summed E-state index contributed by atoms with van der Waals surface area (Å²) in [7, 11) is 0. The van der Waals surface area contributed by atoms with Gasteiger partial charge in [0.2, 0.25) is 0 Å². The summed E-state index contributed by atoms with van der Waals surface area (Å²) in [4.78, 5) is 5.75. The molecule has 0 radical (unpaired) electrons. The molecule has 0 bridgehead atoms. The zero-order valence-electron chi connectivity index (χ0n) is 8.42. The van der Waals surface area contributed by atoms with Gasteiger partial charge in [0.15, 0.2) is 0 Å². The molecule has 0 saturated carbocycles.